The van der Waals surface area contributed by atoms with E-state index in [2.05, 4.69) is 25.6 Å². The summed E-state index contributed by atoms with van der Waals surface area (Å²) in [6, 6.07) is -0.132. The summed E-state index contributed by atoms with van der Waals surface area (Å²) >= 11 is 0. The van der Waals surface area contributed by atoms with Crippen LogP contribution in [0, 0.1) is 0 Å². The van der Waals surface area contributed by atoms with Crippen LogP contribution in [0.25, 0.3) is 0 Å². The second-order valence-corrected chi connectivity index (χ2v) is 5.49. The predicted molar refractivity (Wildman–Crippen MR) is 76.2 cm³/mol. The van der Waals surface area contributed by atoms with Gasteiger partial charge in [0, 0.05) is 12.4 Å². The molecule has 136 valence electrons. The Morgan fingerprint density at radius 1 is 1.28 bits per heavy atom. The fraction of sp³-hybridized carbons (Fsp3) is 0.538. The number of alkyl halides is 3. The smallest absolute Gasteiger partial charge is 0.388 e. The van der Waals surface area contributed by atoms with E-state index in [9.17, 15) is 23.4 Å². The summed E-state index contributed by atoms with van der Waals surface area (Å²) in [6.07, 6.45) is -3.93. The highest BCUT2D eigenvalue weighted by Crippen LogP contribution is 2.28. The van der Waals surface area contributed by atoms with Crippen molar-refractivity contribution >= 4 is 5.95 Å². The lowest BCUT2D eigenvalue weighted by molar-refractivity contribution is -0.145. The van der Waals surface area contributed by atoms with E-state index in [0.717, 1.165) is 12.3 Å². The molecule has 1 aliphatic heterocycles. The molecule has 0 saturated carbocycles. The first-order valence-corrected chi connectivity index (χ1v) is 7.33. The van der Waals surface area contributed by atoms with Gasteiger partial charge in [-0.3, -0.25) is 0 Å². The first-order chi connectivity index (χ1) is 11.8. The third kappa shape index (κ3) is 4.03. The third-order valence-corrected chi connectivity index (χ3v) is 3.73. The van der Waals surface area contributed by atoms with Gasteiger partial charge in [0.05, 0.1) is 25.4 Å². The van der Waals surface area contributed by atoms with Gasteiger partial charge in [0.2, 0.25) is 5.95 Å². The van der Waals surface area contributed by atoms with Crippen molar-refractivity contribution in [2.75, 3.05) is 11.9 Å². The number of aliphatic hydroxyl groups is 2. The highest BCUT2D eigenvalue weighted by molar-refractivity contribution is 5.29. The molecule has 2 aromatic rings. The van der Waals surface area contributed by atoms with Crippen LogP contribution in [0.15, 0.2) is 24.7 Å². The first kappa shape index (κ1) is 17.5. The highest BCUT2D eigenvalue weighted by Gasteiger charge is 2.39. The van der Waals surface area contributed by atoms with E-state index in [-0.39, 0.29) is 19.1 Å². The maximum Gasteiger partial charge on any atom is 0.433 e. The number of aliphatic hydroxyl groups excluding tert-OH is 2. The van der Waals surface area contributed by atoms with Crippen LogP contribution < -0.4 is 5.32 Å². The monoisotopic (exact) mass is 360 g/mol. The van der Waals surface area contributed by atoms with Crippen molar-refractivity contribution in [1.82, 2.24) is 25.0 Å². The predicted octanol–water partition coefficient (Wildman–Crippen LogP) is -0.312. The Balaban J connectivity index is 1.65. The number of aromatic nitrogens is 5. The SMILES string of the molecule is O[C@@H]1[C@H](O)[C@@H](Nc2nccc(C(F)(F)F)n2)CO[C@@H]1Cn1ccnn1. The zero-order valence-electron chi connectivity index (χ0n) is 12.7. The summed E-state index contributed by atoms with van der Waals surface area (Å²) in [5.41, 5.74) is -1.11. The van der Waals surface area contributed by atoms with E-state index >= 15 is 0 Å². The van der Waals surface area contributed by atoms with Crippen molar-refractivity contribution in [2.24, 2.45) is 0 Å². The van der Waals surface area contributed by atoms with Crippen LogP contribution in [0.5, 0.6) is 0 Å². The van der Waals surface area contributed by atoms with Gasteiger partial charge >= 0.3 is 6.18 Å². The summed E-state index contributed by atoms with van der Waals surface area (Å²) in [5.74, 6) is -0.315. The van der Waals surface area contributed by atoms with E-state index in [4.69, 9.17) is 4.74 Å². The molecule has 1 saturated heterocycles. The average Bonchev–Trinajstić information content (AvgIpc) is 3.07. The molecule has 3 rings (SSSR count). The van der Waals surface area contributed by atoms with Crippen molar-refractivity contribution in [1.29, 1.82) is 0 Å². The molecule has 25 heavy (non-hydrogen) atoms. The van der Waals surface area contributed by atoms with Gasteiger partial charge < -0.3 is 20.3 Å². The second-order valence-electron chi connectivity index (χ2n) is 5.49. The third-order valence-electron chi connectivity index (χ3n) is 3.73. The molecule has 4 atom stereocenters. The topological polar surface area (TPSA) is 118 Å². The van der Waals surface area contributed by atoms with Gasteiger partial charge in [0.15, 0.2) is 0 Å². The van der Waals surface area contributed by atoms with Crippen molar-refractivity contribution in [3.05, 3.63) is 30.4 Å². The molecule has 3 heterocycles. The maximum atomic E-state index is 12.7. The number of nitrogens with one attached hydrogen (secondary N) is 1. The summed E-state index contributed by atoms with van der Waals surface area (Å²) in [4.78, 5) is 7.05. The molecule has 0 unspecified atom stereocenters. The van der Waals surface area contributed by atoms with E-state index in [1.54, 1.807) is 6.20 Å². The second kappa shape index (κ2) is 6.90. The summed E-state index contributed by atoms with van der Waals surface area (Å²) in [5, 5.41) is 30.3. The molecule has 0 bridgehead atoms. The van der Waals surface area contributed by atoms with Gasteiger partial charge in [0.1, 0.15) is 24.0 Å². The number of hydrogen-bond donors (Lipinski definition) is 3. The molecule has 0 aliphatic carbocycles. The molecular weight excluding hydrogens is 345 g/mol. The minimum atomic E-state index is -4.61. The average molecular weight is 360 g/mol. The van der Waals surface area contributed by atoms with E-state index in [1.165, 1.54) is 10.9 Å². The van der Waals surface area contributed by atoms with Crippen LogP contribution >= 0.6 is 0 Å². The molecule has 9 nitrogen and oxygen atoms in total. The fourth-order valence-corrected chi connectivity index (χ4v) is 2.44. The van der Waals surface area contributed by atoms with Gasteiger partial charge in [-0.25, -0.2) is 14.6 Å². The largest absolute Gasteiger partial charge is 0.433 e. The van der Waals surface area contributed by atoms with Gasteiger partial charge in [-0.2, -0.15) is 13.2 Å². The molecule has 12 heteroatoms. The summed E-state index contributed by atoms with van der Waals surface area (Å²) in [7, 11) is 0. The lowest BCUT2D eigenvalue weighted by Crippen LogP contribution is -2.56. The van der Waals surface area contributed by atoms with Crippen LogP contribution in [-0.4, -0.2) is 66.1 Å². The Hall–Kier alpha value is -2.31. The molecule has 1 fully saturated rings. The number of hydrogen-bond acceptors (Lipinski definition) is 8. The van der Waals surface area contributed by atoms with Gasteiger partial charge in [-0.15, -0.1) is 5.10 Å². The van der Waals surface area contributed by atoms with Crippen molar-refractivity contribution in [2.45, 2.75) is 37.1 Å². The van der Waals surface area contributed by atoms with Crippen molar-refractivity contribution in [3.63, 3.8) is 0 Å². The first-order valence-electron chi connectivity index (χ1n) is 7.33. The summed E-state index contributed by atoms with van der Waals surface area (Å²) < 4.78 is 44.9. The molecular formula is C13H15F3N6O3. The minimum Gasteiger partial charge on any atom is -0.388 e. The Kier molecular flexibility index (Phi) is 4.83. The van der Waals surface area contributed by atoms with Gasteiger partial charge in [-0.05, 0) is 6.07 Å². The molecule has 0 aromatic carbocycles. The van der Waals surface area contributed by atoms with E-state index < -0.39 is 36.2 Å². The Labute approximate surface area is 139 Å². The number of halogens is 3. The molecule has 0 spiro atoms. The maximum absolute atomic E-state index is 12.7. The lowest BCUT2D eigenvalue weighted by atomic mass is 9.98. The van der Waals surface area contributed by atoms with Crippen LogP contribution in [0.3, 0.4) is 0 Å². The standard InChI is InChI=1S/C13H15F3N6O3/c14-13(15,16)9-1-2-17-12(20-9)19-7-6-25-8(11(24)10(7)23)5-22-4-3-18-21-22/h1-4,7-8,10-11,23-24H,5-6H2,(H,17,19,20)/t7-,8+,10+,11-/m0/s1. The van der Waals surface area contributed by atoms with E-state index in [0.29, 0.717) is 0 Å². The number of ether oxygens (including phenoxy) is 1. The summed E-state index contributed by atoms with van der Waals surface area (Å²) in [6.45, 7) is 0.113. The van der Waals surface area contributed by atoms with Crippen LogP contribution in [0.1, 0.15) is 5.69 Å². The molecule has 0 amide bonds. The Morgan fingerprint density at radius 2 is 2.08 bits per heavy atom. The molecule has 1 aliphatic rings. The zero-order chi connectivity index (χ0) is 18.0. The fourth-order valence-electron chi connectivity index (χ4n) is 2.44. The van der Waals surface area contributed by atoms with Crippen LogP contribution in [0.2, 0.25) is 0 Å². The van der Waals surface area contributed by atoms with Crippen molar-refractivity contribution in [3.8, 4) is 0 Å². The zero-order valence-corrected chi connectivity index (χ0v) is 12.7. The number of rotatable bonds is 4. The highest BCUT2D eigenvalue weighted by atomic mass is 19.4. The molecule has 0 radical (unpaired) electrons. The Morgan fingerprint density at radius 3 is 2.76 bits per heavy atom. The number of anilines is 1. The van der Waals surface area contributed by atoms with Crippen LogP contribution in [-0.2, 0) is 17.5 Å². The normalized spacial score (nSPS) is 27.2. The van der Waals surface area contributed by atoms with Gasteiger partial charge in [-0.1, -0.05) is 5.21 Å². The minimum absolute atomic E-state index is 0.0583. The number of nitrogens with zero attached hydrogens (tertiary/aromatic N) is 5. The van der Waals surface area contributed by atoms with E-state index in [1.807, 2.05) is 0 Å². The molecule has 3 N–H and O–H groups in total. The van der Waals surface area contributed by atoms with Crippen molar-refractivity contribution < 1.29 is 28.1 Å². The van der Waals surface area contributed by atoms with Gasteiger partial charge in [0.25, 0.3) is 0 Å². The Bertz CT molecular complexity index is 699. The molecule has 2 aromatic heterocycles. The van der Waals surface area contributed by atoms with Crippen LogP contribution in [0.4, 0.5) is 19.1 Å². The lowest BCUT2D eigenvalue weighted by Gasteiger charge is -2.37. The quantitative estimate of drug-likeness (QED) is 0.679.